The molecule has 0 bridgehead atoms. The number of hydrogen-bond donors (Lipinski definition) is 3. The summed E-state index contributed by atoms with van der Waals surface area (Å²) in [5.41, 5.74) is 1.48. The van der Waals surface area contributed by atoms with E-state index in [9.17, 15) is 10.3 Å². The average molecular weight is 323 g/mol. The van der Waals surface area contributed by atoms with Crippen molar-refractivity contribution in [3.05, 3.63) is 29.0 Å². The Morgan fingerprint density at radius 2 is 2.22 bits per heavy atom. The van der Waals surface area contributed by atoms with Gasteiger partial charge in [0.2, 0.25) is 0 Å². The normalized spacial score (nSPS) is 18.9. The number of nitrogens with one attached hydrogen (secondary N) is 1. The van der Waals surface area contributed by atoms with Crippen LogP contribution in [0.3, 0.4) is 0 Å². The molecule has 0 aromatic heterocycles. The number of anilines is 1. The fraction of sp³-hybridized carbons (Fsp3) is 0.647. The molecule has 0 radical (unpaired) electrons. The van der Waals surface area contributed by atoms with Crippen LogP contribution in [-0.4, -0.2) is 48.2 Å². The summed E-state index contributed by atoms with van der Waals surface area (Å²) in [5.74, 6) is 0.858. The molecule has 6 nitrogen and oxygen atoms in total. The summed E-state index contributed by atoms with van der Waals surface area (Å²) in [6.45, 7) is 7.13. The molecule has 1 aromatic carbocycles. The first-order valence-corrected chi connectivity index (χ1v) is 8.08. The molecular weight excluding hydrogens is 296 g/mol. The second-order valence-electron chi connectivity index (χ2n) is 6.89. The highest BCUT2D eigenvalue weighted by atomic mass is 16.5. The molecule has 2 unspecified atom stereocenters. The van der Waals surface area contributed by atoms with Crippen LogP contribution < -0.4 is 15.1 Å². The van der Waals surface area contributed by atoms with Gasteiger partial charge in [0.15, 0.2) is 0 Å². The van der Waals surface area contributed by atoms with Crippen molar-refractivity contribution >= 4 is 5.69 Å². The Morgan fingerprint density at radius 3 is 2.91 bits per heavy atom. The van der Waals surface area contributed by atoms with Gasteiger partial charge in [-0.05, 0) is 49.9 Å². The van der Waals surface area contributed by atoms with Crippen molar-refractivity contribution in [1.29, 1.82) is 0 Å². The third kappa shape index (κ3) is 4.81. The molecule has 1 aliphatic heterocycles. The number of rotatable bonds is 8. The summed E-state index contributed by atoms with van der Waals surface area (Å²) >= 11 is 0. The van der Waals surface area contributed by atoms with Crippen molar-refractivity contribution in [1.82, 2.24) is 5.32 Å². The number of nitrogens with zero attached hydrogens (tertiary/aromatic N) is 1. The van der Waals surface area contributed by atoms with Crippen molar-refractivity contribution in [3.8, 4) is 5.75 Å². The van der Waals surface area contributed by atoms with E-state index in [4.69, 9.17) is 9.84 Å². The quantitative estimate of drug-likeness (QED) is 0.673. The van der Waals surface area contributed by atoms with Gasteiger partial charge in [-0.15, -0.1) is 0 Å². The number of fused-ring (bicyclic) bond motifs is 1. The number of aliphatic hydroxyl groups is 2. The summed E-state index contributed by atoms with van der Waals surface area (Å²) in [7, 11) is 0. The summed E-state index contributed by atoms with van der Waals surface area (Å²) in [4.78, 5) is 0. The van der Waals surface area contributed by atoms with E-state index in [1.807, 2.05) is 26.8 Å². The van der Waals surface area contributed by atoms with Gasteiger partial charge in [0.1, 0.15) is 18.5 Å². The van der Waals surface area contributed by atoms with Gasteiger partial charge in [-0.1, -0.05) is 6.92 Å². The maximum absolute atomic E-state index is 11.7. The molecule has 2 rings (SSSR count). The van der Waals surface area contributed by atoms with Crippen LogP contribution >= 0.6 is 0 Å². The van der Waals surface area contributed by atoms with Crippen LogP contribution in [0.2, 0.25) is 0 Å². The topological polar surface area (TPSA) is 88.0 Å². The number of hydroxylamine groups is 1. The third-order valence-corrected chi connectivity index (χ3v) is 4.23. The fourth-order valence-corrected chi connectivity index (χ4v) is 2.70. The lowest BCUT2D eigenvalue weighted by Gasteiger charge is -2.27. The molecule has 23 heavy (non-hydrogen) atoms. The summed E-state index contributed by atoms with van der Waals surface area (Å²) in [6.07, 6.45) is -0.0238. The maximum atomic E-state index is 11.7. The van der Waals surface area contributed by atoms with E-state index in [0.29, 0.717) is 30.9 Å². The average Bonchev–Trinajstić information content (AvgIpc) is 2.78. The van der Waals surface area contributed by atoms with Gasteiger partial charge >= 0.3 is 0 Å². The molecular formula is C17H27N2O4-. The molecule has 0 fully saturated rings. The second-order valence-corrected chi connectivity index (χ2v) is 6.89. The van der Waals surface area contributed by atoms with Gasteiger partial charge in [0, 0.05) is 30.9 Å². The van der Waals surface area contributed by atoms with Crippen molar-refractivity contribution in [2.24, 2.45) is 0 Å². The molecule has 0 saturated carbocycles. The monoisotopic (exact) mass is 323 g/mol. The second kappa shape index (κ2) is 7.49. The van der Waals surface area contributed by atoms with E-state index in [0.717, 1.165) is 10.6 Å². The van der Waals surface area contributed by atoms with Crippen LogP contribution in [0.4, 0.5) is 5.69 Å². The first-order chi connectivity index (χ1) is 10.8. The highest BCUT2D eigenvalue weighted by Gasteiger charge is 2.21. The molecule has 0 amide bonds. The Kier molecular flexibility index (Phi) is 5.86. The van der Waals surface area contributed by atoms with E-state index in [2.05, 4.69) is 5.32 Å². The van der Waals surface area contributed by atoms with Gasteiger partial charge in [-0.2, -0.15) is 0 Å². The van der Waals surface area contributed by atoms with Crippen LogP contribution in [0, 0.1) is 5.21 Å². The lowest BCUT2D eigenvalue weighted by molar-refractivity contribution is 0.0959. The zero-order valence-corrected chi connectivity index (χ0v) is 14.1. The van der Waals surface area contributed by atoms with Crippen LogP contribution in [-0.2, 0) is 0 Å². The minimum Gasteiger partial charge on any atom is -0.758 e. The smallest absolute Gasteiger partial charge is 0.119 e. The van der Waals surface area contributed by atoms with E-state index in [1.54, 1.807) is 12.1 Å². The Balaban J connectivity index is 1.83. The Morgan fingerprint density at radius 1 is 1.48 bits per heavy atom. The Bertz CT molecular complexity index is 521. The molecule has 3 N–H and O–H groups in total. The van der Waals surface area contributed by atoms with Gasteiger partial charge in [0.25, 0.3) is 0 Å². The number of ether oxygens (including phenoxy) is 1. The van der Waals surface area contributed by atoms with Crippen LogP contribution in [0.25, 0.3) is 0 Å². The summed E-state index contributed by atoms with van der Waals surface area (Å²) in [5, 5.41) is 34.9. The van der Waals surface area contributed by atoms with Crippen molar-refractivity contribution in [2.75, 3.05) is 31.4 Å². The van der Waals surface area contributed by atoms with Crippen LogP contribution in [0.5, 0.6) is 5.75 Å². The Labute approximate surface area is 137 Å². The van der Waals surface area contributed by atoms with Crippen molar-refractivity contribution in [2.45, 2.75) is 44.8 Å². The van der Waals surface area contributed by atoms with Gasteiger partial charge in [0.05, 0.1) is 0 Å². The highest BCUT2D eigenvalue weighted by molar-refractivity contribution is 5.62. The Hall–Kier alpha value is -1.34. The molecule has 1 heterocycles. The van der Waals surface area contributed by atoms with Gasteiger partial charge in [-0.25, -0.2) is 0 Å². The predicted octanol–water partition coefficient (Wildman–Crippen LogP) is 1.60. The number of aliphatic hydroxyl groups excluding tert-OH is 2. The van der Waals surface area contributed by atoms with E-state index in [1.165, 1.54) is 0 Å². The van der Waals surface area contributed by atoms with Crippen molar-refractivity contribution in [3.63, 3.8) is 0 Å². The van der Waals surface area contributed by atoms with Gasteiger partial charge in [-0.3, -0.25) is 0 Å². The summed E-state index contributed by atoms with van der Waals surface area (Å²) < 4.78 is 5.64. The highest BCUT2D eigenvalue weighted by Crippen LogP contribution is 2.37. The fourth-order valence-electron chi connectivity index (χ4n) is 2.70. The minimum atomic E-state index is -0.644. The first-order valence-electron chi connectivity index (χ1n) is 8.08. The number of benzene rings is 1. The molecule has 0 saturated heterocycles. The lowest BCUT2D eigenvalue weighted by atomic mass is 10.0. The first kappa shape index (κ1) is 18.0. The molecule has 6 heteroatoms. The number of β-amino-alcohol motifs (C(OH)–C–C–N with tert-alkyl or cyclic N) is 1. The zero-order chi connectivity index (χ0) is 17.0. The molecule has 2 atom stereocenters. The predicted molar refractivity (Wildman–Crippen MR) is 90.9 cm³/mol. The van der Waals surface area contributed by atoms with Crippen molar-refractivity contribution < 1.29 is 14.9 Å². The SMILES string of the molecule is CC1CN([O-])c2ccc(OCC(O)CNC(C)(C)CCO)cc21. The molecule has 130 valence electrons. The van der Waals surface area contributed by atoms with E-state index < -0.39 is 6.10 Å². The molecule has 1 aromatic rings. The van der Waals surface area contributed by atoms with Crippen LogP contribution in [0.1, 0.15) is 38.7 Å². The third-order valence-electron chi connectivity index (χ3n) is 4.23. The largest absolute Gasteiger partial charge is 0.758 e. The molecule has 0 aliphatic carbocycles. The zero-order valence-electron chi connectivity index (χ0n) is 14.1. The standard InChI is InChI=1S/C17H27N2O4/c1-12-10-19(22)16-5-4-14(8-15(12)16)23-11-13(21)9-18-17(2,3)6-7-20/h4-5,8,12-13,18,20-21H,6-7,9-11H2,1-3H3/q-1. The summed E-state index contributed by atoms with van der Waals surface area (Å²) in [6, 6.07) is 5.42. The van der Waals surface area contributed by atoms with Crippen LogP contribution in [0.15, 0.2) is 18.2 Å². The molecule has 0 spiro atoms. The minimum absolute atomic E-state index is 0.108. The van der Waals surface area contributed by atoms with Gasteiger partial charge < -0.3 is 30.5 Å². The maximum Gasteiger partial charge on any atom is 0.119 e. The van der Waals surface area contributed by atoms with E-state index >= 15 is 0 Å². The number of hydrogen-bond acceptors (Lipinski definition) is 6. The molecule has 1 aliphatic rings. The lowest BCUT2D eigenvalue weighted by Crippen LogP contribution is -2.45. The van der Waals surface area contributed by atoms with E-state index in [-0.39, 0.29) is 24.7 Å².